The first-order chi connectivity index (χ1) is 23.3. The van der Waals surface area contributed by atoms with Crippen LogP contribution in [0.15, 0.2) is 30.0 Å². The summed E-state index contributed by atoms with van der Waals surface area (Å²) in [7, 11) is -8.72. The average molecular weight is 735 g/mol. The lowest BCUT2D eigenvalue weighted by molar-refractivity contribution is -0.118. The number of aromatic amines is 1. The average Bonchev–Trinajstić information content (AvgIpc) is 3.81. The van der Waals surface area contributed by atoms with Crippen molar-refractivity contribution in [1.82, 2.24) is 43.8 Å². The highest BCUT2D eigenvalue weighted by molar-refractivity contribution is 7.84. The highest BCUT2D eigenvalue weighted by atomic mass is 32.2. The van der Waals surface area contributed by atoms with Crippen LogP contribution in [0.5, 0.6) is 0 Å². The number of fused-ring (bicyclic) bond motifs is 2. The van der Waals surface area contributed by atoms with E-state index in [1.807, 2.05) is 4.72 Å². The summed E-state index contributed by atoms with van der Waals surface area (Å²) in [6, 6.07) is 0. The van der Waals surface area contributed by atoms with Crippen molar-refractivity contribution >= 4 is 52.7 Å². The molecule has 49 heavy (non-hydrogen) atoms. The fourth-order valence-electron chi connectivity index (χ4n) is 5.28. The zero-order valence-electron chi connectivity index (χ0n) is 25.3. The molecule has 0 spiro atoms. The van der Waals surface area contributed by atoms with E-state index in [0.717, 1.165) is 10.9 Å². The summed E-state index contributed by atoms with van der Waals surface area (Å²) in [6.45, 7) is 1.51. The molecule has 1 unspecified atom stereocenters. The fourth-order valence-corrected chi connectivity index (χ4v) is 6.72. The summed E-state index contributed by atoms with van der Waals surface area (Å²) in [5, 5.41) is 12.1. The molecular formula is C24H29F2N10O11PS. The second-order valence-corrected chi connectivity index (χ2v) is 13.3. The smallest absolute Gasteiger partial charge is 0.336 e. The number of nitrogens with zero attached hydrogens (tertiary/aromatic N) is 7. The number of aromatic nitrogens is 8. The summed E-state index contributed by atoms with van der Waals surface area (Å²) < 4.78 is 94.4. The highest BCUT2D eigenvalue weighted by Crippen LogP contribution is 2.39. The maximum absolute atomic E-state index is 15.6. The van der Waals surface area contributed by atoms with Crippen molar-refractivity contribution in [2.45, 2.75) is 63.1 Å². The molecule has 25 heteroatoms. The van der Waals surface area contributed by atoms with Crippen molar-refractivity contribution in [3.8, 4) is 0 Å². The maximum atomic E-state index is 15.6. The van der Waals surface area contributed by atoms with Gasteiger partial charge in [0.25, 0.3) is 5.56 Å². The minimum Gasteiger partial charge on any atom is -0.394 e. The van der Waals surface area contributed by atoms with E-state index < -0.39 is 98.3 Å². The van der Waals surface area contributed by atoms with Crippen LogP contribution in [0.1, 0.15) is 26.3 Å². The Morgan fingerprint density at radius 3 is 2.53 bits per heavy atom. The number of amides is 1. The predicted octanol–water partition coefficient (Wildman–Crippen LogP) is -0.996. The molecule has 0 aliphatic carbocycles. The summed E-state index contributed by atoms with van der Waals surface area (Å²) in [4.78, 5) is 56.6. The number of imidazole rings is 2. The topological polar surface area (TPSA) is 277 Å². The zero-order chi connectivity index (χ0) is 35.2. The number of ether oxygens (including phenoxy) is 2. The number of alkyl halides is 2. The van der Waals surface area contributed by atoms with Crippen LogP contribution in [0.4, 0.5) is 14.7 Å². The predicted molar refractivity (Wildman–Crippen MR) is 160 cm³/mol. The van der Waals surface area contributed by atoms with Gasteiger partial charge in [0.1, 0.15) is 30.2 Å². The minimum absolute atomic E-state index is 0.153. The molecule has 4 aromatic heterocycles. The van der Waals surface area contributed by atoms with Crippen LogP contribution >= 0.6 is 8.25 Å². The molecule has 0 radical (unpaired) electrons. The first kappa shape index (κ1) is 35.0. The SMILES string of the molecule is CC(C)C(=O)Nc1nc2c(ncn2[C@@H]2O[C@H](CO)[C@@H](F)[C@H]2OS(=O)(=O)NC[C@H]2O[C@@H](n3cnc4cncnc43)[C@H](F)[C@@H]2O[PH](=O)O)c(=O)[nH]1. The molecule has 4 aromatic rings. The molecule has 9 atom stereocenters. The van der Waals surface area contributed by atoms with Crippen molar-refractivity contribution in [2.24, 2.45) is 5.92 Å². The summed E-state index contributed by atoms with van der Waals surface area (Å²) in [6.07, 6.45) is -9.72. The molecule has 266 valence electrons. The molecule has 0 aromatic carbocycles. The third-order valence-corrected chi connectivity index (χ3v) is 9.10. The number of nitrogens with one attached hydrogen (secondary N) is 3. The third kappa shape index (κ3) is 6.95. The second kappa shape index (κ2) is 13.8. The van der Waals surface area contributed by atoms with Crippen molar-refractivity contribution in [2.75, 3.05) is 18.5 Å². The standard InChI is InChI=1S/C24H29F2N10O11PS/c1-9(2)20(38)33-24-32-19-15(21(39)34-24)30-8-36(19)23-17(13(25)12(5-37)45-23)47-49(42,43)31-4-11-16(46-48(40)41)14(26)22(44-11)35-7-29-10-3-27-6-28-18(10)35/h3,6-9,11-14,16-17,22-23,31,37,48H,4-5H2,1-2H3,(H,40,41)(H2,32,33,34,38,39)/t11-,12-,13-,14-,16-,17-,22-,23-/m1/s1. The molecular weight excluding hydrogens is 705 g/mol. The van der Waals surface area contributed by atoms with Gasteiger partial charge in [0.2, 0.25) is 11.9 Å². The van der Waals surface area contributed by atoms with E-state index in [-0.39, 0.29) is 28.3 Å². The Bertz CT molecular complexity index is 2050. The lowest BCUT2D eigenvalue weighted by atomic mass is 10.1. The lowest BCUT2D eigenvalue weighted by Gasteiger charge is -2.22. The number of rotatable bonds is 12. The lowest BCUT2D eigenvalue weighted by Crippen LogP contribution is -2.43. The molecule has 6 rings (SSSR count). The van der Waals surface area contributed by atoms with Gasteiger partial charge in [-0.3, -0.25) is 33.6 Å². The van der Waals surface area contributed by atoms with E-state index >= 15 is 8.78 Å². The van der Waals surface area contributed by atoms with Crippen molar-refractivity contribution < 1.29 is 54.7 Å². The van der Waals surface area contributed by atoms with Crippen LogP contribution in [-0.4, -0.2) is 113 Å². The minimum atomic E-state index is -4.97. The van der Waals surface area contributed by atoms with Crippen molar-refractivity contribution in [3.05, 3.63) is 35.5 Å². The van der Waals surface area contributed by atoms with Gasteiger partial charge in [0.15, 0.2) is 47.7 Å². The van der Waals surface area contributed by atoms with Gasteiger partial charge >= 0.3 is 18.6 Å². The molecule has 6 heterocycles. The molecule has 21 nitrogen and oxygen atoms in total. The number of H-pyrrole nitrogens is 1. The molecule has 2 saturated heterocycles. The number of hydrogen-bond donors (Lipinski definition) is 5. The Balaban J connectivity index is 1.23. The van der Waals surface area contributed by atoms with Crippen molar-refractivity contribution in [1.29, 1.82) is 0 Å². The van der Waals surface area contributed by atoms with Crippen LogP contribution in [0.2, 0.25) is 0 Å². The van der Waals surface area contributed by atoms with Gasteiger partial charge in [-0.2, -0.15) is 18.1 Å². The van der Waals surface area contributed by atoms with Gasteiger partial charge in [0.05, 0.1) is 25.5 Å². The number of carbonyl (C=O) groups excluding carboxylic acids is 1. The van der Waals surface area contributed by atoms with E-state index in [0.29, 0.717) is 0 Å². The summed E-state index contributed by atoms with van der Waals surface area (Å²) in [5.74, 6) is -1.25. The first-order valence-electron chi connectivity index (χ1n) is 14.5. The van der Waals surface area contributed by atoms with E-state index in [4.69, 9.17) is 18.2 Å². The molecule has 5 N–H and O–H groups in total. The van der Waals surface area contributed by atoms with Gasteiger partial charge in [-0.05, 0) is 0 Å². The summed E-state index contributed by atoms with van der Waals surface area (Å²) >= 11 is 0. The molecule has 2 aliphatic rings. The van der Waals surface area contributed by atoms with E-state index in [1.54, 1.807) is 13.8 Å². The van der Waals surface area contributed by atoms with Gasteiger partial charge < -0.3 is 24.0 Å². The highest BCUT2D eigenvalue weighted by Gasteiger charge is 2.51. The van der Waals surface area contributed by atoms with Gasteiger partial charge in [-0.15, -0.1) is 0 Å². The van der Waals surface area contributed by atoms with Crippen molar-refractivity contribution in [3.63, 3.8) is 0 Å². The van der Waals surface area contributed by atoms with E-state index in [1.165, 1.54) is 23.4 Å². The number of aliphatic hydroxyl groups is 1. The number of anilines is 1. The van der Waals surface area contributed by atoms with E-state index in [9.17, 15) is 32.6 Å². The van der Waals surface area contributed by atoms with Crippen LogP contribution in [0.25, 0.3) is 22.3 Å². The summed E-state index contributed by atoms with van der Waals surface area (Å²) in [5.41, 5.74) is -0.869. The van der Waals surface area contributed by atoms with Crippen LogP contribution in [0, 0.1) is 5.92 Å². The molecule has 0 saturated carbocycles. The Morgan fingerprint density at radius 1 is 1.10 bits per heavy atom. The second-order valence-electron chi connectivity index (χ2n) is 11.2. The largest absolute Gasteiger partial charge is 0.394 e. The normalized spacial score (nSPS) is 28.1. The van der Waals surface area contributed by atoms with Gasteiger partial charge in [0, 0.05) is 12.5 Å². The zero-order valence-corrected chi connectivity index (χ0v) is 27.1. The quantitative estimate of drug-likeness (QED) is 0.109. The Labute approximate surface area is 274 Å². The molecule has 2 fully saturated rings. The van der Waals surface area contributed by atoms with Crippen LogP contribution < -0.4 is 15.6 Å². The fraction of sp³-hybridized carbons (Fsp3) is 0.542. The maximum Gasteiger partial charge on any atom is 0.336 e. The number of hydrogen-bond acceptors (Lipinski definition) is 15. The first-order valence-corrected chi connectivity index (χ1v) is 17.1. The number of halogens is 2. The number of aliphatic hydroxyl groups excluding tert-OH is 1. The number of carbonyl (C=O) groups is 1. The Hall–Kier alpha value is -3.87. The van der Waals surface area contributed by atoms with Gasteiger partial charge in [-0.1, -0.05) is 13.8 Å². The Kier molecular flexibility index (Phi) is 9.85. The van der Waals surface area contributed by atoms with E-state index in [2.05, 4.69) is 35.2 Å². The van der Waals surface area contributed by atoms with Crippen LogP contribution in [-0.2, 0) is 37.8 Å². The molecule has 1 amide bonds. The van der Waals surface area contributed by atoms with Crippen LogP contribution in [0.3, 0.4) is 0 Å². The Morgan fingerprint density at radius 2 is 1.82 bits per heavy atom. The van der Waals surface area contributed by atoms with Gasteiger partial charge in [-0.25, -0.2) is 32.9 Å². The third-order valence-electron chi connectivity index (χ3n) is 7.63. The molecule has 0 bridgehead atoms. The molecule has 2 aliphatic heterocycles. The monoisotopic (exact) mass is 734 g/mol.